The van der Waals surface area contributed by atoms with E-state index in [4.69, 9.17) is 0 Å². The summed E-state index contributed by atoms with van der Waals surface area (Å²) in [4.78, 5) is 11.2. The lowest BCUT2D eigenvalue weighted by Gasteiger charge is -2.35. The Morgan fingerprint density at radius 2 is 1.88 bits per heavy atom. The Balaban J connectivity index is 4.94. The maximum atomic E-state index is 12.2. The van der Waals surface area contributed by atoms with Crippen LogP contribution in [0.3, 0.4) is 0 Å². The van der Waals surface area contributed by atoms with Crippen molar-refractivity contribution in [1.29, 1.82) is 0 Å². The fourth-order valence-electron chi connectivity index (χ4n) is 1.27. The summed E-state index contributed by atoms with van der Waals surface area (Å²) in [5, 5.41) is 11.2. The average molecular weight is 267 g/mol. The standard InChI is InChI=1S/C10H21NO3S2/c1-6-8-11(7-2,9(12)13)16(14)15-10(3,4)5/h6-8H2,1-5H3. The van der Waals surface area contributed by atoms with Crippen LogP contribution in [0.15, 0.2) is 0 Å². The fraction of sp³-hybridized carbons (Fsp3) is 0.900. The van der Waals surface area contributed by atoms with Gasteiger partial charge in [-0.1, -0.05) is 10.8 Å². The second-order valence-corrected chi connectivity index (χ2v) is 8.49. The SMILES string of the molecule is CCC[N+](CC)(C(=O)[O-])[S+]([O-])SC(C)(C)C. The van der Waals surface area contributed by atoms with Crippen molar-refractivity contribution in [1.82, 2.24) is 0 Å². The summed E-state index contributed by atoms with van der Waals surface area (Å²) >= 11 is 0. The molecule has 0 aliphatic heterocycles. The van der Waals surface area contributed by atoms with Crippen molar-refractivity contribution in [3.05, 3.63) is 0 Å². The van der Waals surface area contributed by atoms with Crippen LogP contribution in [0.5, 0.6) is 0 Å². The number of carbonyl (C=O) groups is 1. The first-order chi connectivity index (χ1) is 7.19. The molecular weight excluding hydrogens is 246 g/mol. The molecule has 2 atom stereocenters. The molecule has 16 heavy (non-hydrogen) atoms. The number of rotatable bonds is 5. The molecule has 0 saturated heterocycles. The number of carboxylic acid groups (broad SMARTS) is 1. The highest BCUT2D eigenvalue weighted by Crippen LogP contribution is 2.36. The Hall–Kier alpha value is 0.0900. The second kappa shape index (κ2) is 6.14. The molecule has 96 valence electrons. The average Bonchev–Trinajstić information content (AvgIpc) is 2.10. The van der Waals surface area contributed by atoms with Gasteiger partial charge in [-0.2, -0.15) is 0 Å². The van der Waals surface area contributed by atoms with E-state index < -0.39 is 20.4 Å². The molecule has 2 unspecified atom stereocenters. The molecule has 6 heteroatoms. The van der Waals surface area contributed by atoms with Gasteiger partial charge in [0.15, 0.2) is 10.8 Å². The van der Waals surface area contributed by atoms with Gasteiger partial charge in [0.2, 0.25) is 10.4 Å². The number of amides is 1. The van der Waals surface area contributed by atoms with Crippen molar-refractivity contribution < 1.29 is 18.3 Å². The minimum Gasteiger partial charge on any atom is -0.553 e. The summed E-state index contributed by atoms with van der Waals surface area (Å²) < 4.78 is 11.5. The first-order valence-electron chi connectivity index (χ1n) is 5.40. The number of carbonyl (C=O) groups excluding carboxylic acids is 1. The molecule has 0 aromatic carbocycles. The number of hydrogen-bond acceptors (Lipinski definition) is 4. The first kappa shape index (κ1) is 16.1. The molecule has 0 bridgehead atoms. The van der Waals surface area contributed by atoms with E-state index in [1.807, 2.05) is 27.7 Å². The van der Waals surface area contributed by atoms with Crippen molar-refractivity contribution in [3.8, 4) is 0 Å². The van der Waals surface area contributed by atoms with E-state index in [2.05, 4.69) is 0 Å². The zero-order valence-electron chi connectivity index (χ0n) is 10.6. The van der Waals surface area contributed by atoms with Gasteiger partial charge in [-0.15, -0.1) is 0 Å². The lowest BCUT2D eigenvalue weighted by molar-refractivity contribution is -0.753. The van der Waals surface area contributed by atoms with Gasteiger partial charge in [-0.05, 0) is 34.1 Å². The third-order valence-corrected chi connectivity index (χ3v) is 6.62. The molecule has 0 aliphatic rings. The predicted octanol–water partition coefficient (Wildman–Crippen LogP) is 1.69. The molecule has 0 N–H and O–H groups in total. The van der Waals surface area contributed by atoms with Gasteiger partial charge in [0, 0.05) is 0 Å². The van der Waals surface area contributed by atoms with Gasteiger partial charge in [-0.25, -0.2) is 0 Å². The Kier molecular flexibility index (Phi) is 6.17. The molecule has 0 saturated carbocycles. The summed E-state index contributed by atoms with van der Waals surface area (Å²) in [6.07, 6.45) is -0.586. The summed E-state index contributed by atoms with van der Waals surface area (Å²) in [7, 11) is -0.344. The van der Waals surface area contributed by atoms with Crippen LogP contribution < -0.4 is 5.11 Å². The van der Waals surface area contributed by atoms with Crippen molar-refractivity contribution in [2.45, 2.75) is 45.8 Å². The highest BCUT2D eigenvalue weighted by atomic mass is 33.1. The lowest BCUT2D eigenvalue weighted by Crippen LogP contribution is -2.61. The Bertz CT molecular complexity index is 243. The molecule has 0 heterocycles. The van der Waals surface area contributed by atoms with E-state index in [0.29, 0.717) is 13.0 Å². The smallest absolute Gasteiger partial charge is 0.305 e. The Morgan fingerprint density at radius 3 is 2.12 bits per heavy atom. The minimum atomic E-state index is -1.52. The van der Waals surface area contributed by atoms with E-state index in [9.17, 15) is 14.5 Å². The van der Waals surface area contributed by atoms with Crippen molar-refractivity contribution in [2.75, 3.05) is 13.1 Å². The molecule has 0 aromatic rings. The summed E-state index contributed by atoms with van der Waals surface area (Å²) in [5.74, 6) is 0. The number of hydrogen-bond donors (Lipinski definition) is 0. The van der Waals surface area contributed by atoms with Crippen LogP contribution in [0, 0.1) is 0 Å². The molecular formula is C10H21NO3S2. The molecule has 0 radical (unpaired) electrons. The molecule has 4 nitrogen and oxygen atoms in total. The summed E-state index contributed by atoms with van der Waals surface area (Å²) in [6, 6.07) is 0. The molecule has 0 fully saturated rings. The Labute approximate surface area is 105 Å². The molecule has 1 amide bonds. The molecule has 0 spiro atoms. The van der Waals surface area contributed by atoms with Crippen LogP contribution in [-0.2, 0) is 10.4 Å². The van der Waals surface area contributed by atoms with Gasteiger partial charge in [0.05, 0.1) is 4.75 Å². The van der Waals surface area contributed by atoms with Crippen LogP contribution in [-0.4, -0.2) is 32.4 Å². The predicted molar refractivity (Wildman–Crippen MR) is 66.8 cm³/mol. The molecule has 0 aromatic heterocycles. The highest BCUT2D eigenvalue weighted by Gasteiger charge is 2.45. The minimum absolute atomic E-state index is 0.229. The third-order valence-electron chi connectivity index (χ3n) is 2.04. The second-order valence-electron chi connectivity index (χ2n) is 4.61. The lowest BCUT2D eigenvalue weighted by atomic mass is 10.3. The van der Waals surface area contributed by atoms with Gasteiger partial charge in [-0.3, -0.25) is 0 Å². The van der Waals surface area contributed by atoms with E-state index >= 15 is 0 Å². The van der Waals surface area contributed by atoms with Gasteiger partial charge in [0.25, 0.3) is 0 Å². The quantitative estimate of drug-likeness (QED) is 0.432. The van der Waals surface area contributed by atoms with E-state index in [-0.39, 0.29) is 11.3 Å². The zero-order chi connectivity index (χ0) is 13.0. The summed E-state index contributed by atoms with van der Waals surface area (Å²) in [6.45, 7) is 9.99. The van der Waals surface area contributed by atoms with Crippen LogP contribution in [0.4, 0.5) is 4.79 Å². The molecule has 0 aliphatic carbocycles. The van der Waals surface area contributed by atoms with E-state index in [0.717, 1.165) is 0 Å². The van der Waals surface area contributed by atoms with Gasteiger partial charge < -0.3 is 14.5 Å². The van der Waals surface area contributed by atoms with Gasteiger partial charge in [0.1, 0.15) is 13.1 Å². The van der Waals surface area contributed by atoms with Gasteiger partial charge >= 0.3 is 6.09 Å². The van der Waals surface area contributed by atoms with Crippen LogP contribution in [0.25, 0.3) is 0 Å². The Morgan fingerprint density at radius 1 is 1.38 bits per heavy atom. The zero-order valence-corrected chi connectivity index (χ0v) is 12.2. The topological polar surface area (TPSA) is 63.2 Å². The monoisotopic (exact) mass is 267 g/mol. The maximum absolute atomic E-state index is 12.2. The van der Waals surface area contributed by atoms with Crippen LogP contribution in [0.2, 0.25) is 0 Å². The normalized spacial score (nSPS) is 17.9. The maximum Gasteiger partial charge on any atom is 0.305 e. The highest BCUT2D eigenvalue weighted by molar-refractivity contribution is 8.70. The molecule has 0 rings (SSSR count). The van der Waals surface area contributed by atoms with Crippen molar-refractivity contribution >= 4 is 27.3 Å². The van der Waals surface area contributed by atoms with E-state index in [1.165, 1.54) is 10.8 Å². The van der Waals surface area contributed by atoms with Crippen LogP contribution in [0.1, 0.15) is 41.0 Å². The van der Waals surface area contributed by atoms with Crippen molar-refractivity contribution in [3.63, 3.8) is 0 Å². The fourth-order valence-corrected chi connectivity index (χ4v) is 4.93. The van der Waals surface area contributed by atoms with Crippen molar-refractivity contribution in [2.24, 2.45) is 0 Å². The number of nitrogens with zero attached hydrogens (tertiary/aromatic N) is 1. The largest absolute Gasteiger partial charge is 0.553 e. The number of quaternary nitrogens is 1. The third kappa shape index (κ3) is 4.16. The van der Waals surface area contributed by atoms with E-state index in [1.54, 1.807) is 6.92 Å². The first-order valence-corrected chi connectivity index (χ1v) is 7.84. The van der Waals surface area contributed by atoms with Crippen LogP contribution >= 0.6 is 10.8 Å². The summed E-state index contributed by atoms with van der Waals surface area (Å²) in [5.41, 5.74) is 0.